The van der Waals surface area contributed by atoms with Gasteiger partial charge in [-0.1, -0.05) is 39.8 Å². The normalized spacial score (nSPS) is 12.6. The van der Waals surface area contributed by atoms with Gasteiger partial charge in [-0.25, -0.2) is 0 Å². The van der Waals surface area contributed by atoms with Gasteiger partial charge in [0, 0.05) is 10.1 Å². The molecule has 2 aromatic rings. The third kappa shape index (κ3) is 6.00. The van der Waals surface area contributed by atoms with Crippen molar-refractivity contribution < 1.29 is 4.79 Å². The molecule has 0 bridgehead atoms. The van der Waals surface area contributed by atoms with Gasteiger partial charge < -0.3 is 5.32 Å². The second-order valence-corrected chi connectivity index (χ2v) is 8.14. The van der Waals surface area contributed by atoms with E-state index in [1.807, 2.05) is 23.9 Å². The number of hydrogen-bond acceptors (Lipinski definition) is 4. The first-order valence-electron chi connectivity index (χ1n) is 8.33. The number of carbonyl (C=O) groups excluding carboxylic acids is 1. The molecule has 1 heterocycles. The highest BCUT2D eigenvalue weighted by atomic mass is 32.2. The molecule has 0 unspecified atom stereocenters. The molecule has 6 heteroatoms. The van der Waals surface area contributed by atoms with E-state index in [9.17, 15) is 4.79 Å². The maximum absolute atomic E-state index is 12.4. The Morgan fingerprint density at radius 1 is 1.12 bits per heavy atom. The highest BCUT2D eigenvalue weighted by Gasteiger charge is 2.17. The minimum Gasteiger partial charge on any atom is -0.351 e. The predicted octanol–water partition coefficient (Wildman–Crippen LogP) is 3.16. The smallest absolute Gasteiger partial charge is 0.224 e. The van der Waals surface area contributed by atoms with Gasteiger partial charge in [-0.05, 0) is 23.6 Å². The van der Waals surface area contributed by atoms with Crippen LogP contribution in [-0.2, 0) is 17.8 Å². The van der Waals surface area contributed by atoms with Crippen molar-refractivity contribution in [3.63, 3.8) is 0 Å². The number of amides is 1. The largest absolute Gasteiger partial charge is 0.351 e. The summed E-state index contributed by atoms with van der Waals surface area (Å²) in [5.41, 5.74) is 1.03. The molecule has 1 N–H and O–H groups in total. The number of carbonyl (C=O) groups is 1. The Kier molecular flexibility index (Phi) is 6.85. The molecule has 0 aliphatic rings. The first-order chi connectivity index (χ1) is 11.4. The summed E-state index contributed by atoms with van der Waals surface area (Å²) in [7, 11) is 0. The van der Waals surface area contributed by atoms with E-state index in [1.165, 1.54) is 4.90 Å². The summed E-state index contributed by atoms with van der Waals surface area (Å²) in [6.45, 7) is 9.11. The quantitative estimate of drug-likeness (QED) is 0.746. The molecule has 2 rings (SSSR count). The van der Waals surface area contributed by atoms with E-state index in [1.54, 1.807) is 17.2 Å². The number of thioether (sulfide) groups is 1. The summed E-state index contributed by atoms with van der Waals surface area (Å²) in [5, 5.41) is 11.9. The summed E-state index contributed by atoms with van der Waals surface area (Å²) < 4.78 is 0. The van der Waals surface area contributed by atoms with Crippen molar-refractivity contribution in [1.29, 1.82) is 0 Å². The summed E-state index contributed by atoms with van der Waals surface area (Å²) in [4.78, 5) is 15.2. The lowest BCUT2D eigenvalue weighted by atomic mass is 10.0. The van der Waals surface area contributed by atoms with E-state index >= 15 is 0 Å². The lowest BCUT2D eigenvalue weighted by Gasteiger charge is -2.22. The number of nitrogens with zero attached hydrogens (tertiary/aromatic N) is 3. The van der Waals surface area contributed by atoms with Crippen LogP contribution in [0.25, 0.3) is 0 Å². The minimum atomic E-state index is 0.0145. The van der Waals surface area contributed by atoms with Gasteiger partial charge in [0.15, 0.2) is 0 Å². The summed E-state index contributed by atoms with van der Waals surface area (Å²) >= 11 is 1.83. The van der Waals surface area contributed by atoms with Crippen LogP contribution in [0.1, 0.15) is 33.3 Å². The SMILES string of the molecule is CC(C)Sc1ccc(CC(=O)N[C@@H](Cn2nccn2)C(C)C)cc1. The average Bonchev–Trinajstić information content (AvgIpc) is 3.01. The first kappa shape index (κ1) is 18.5. The van der Waals surface area contributed by atoms with Gasteiger partial charge in [0.1, 0.15) is 0 Å². The van der Waals surface area contributed by atoms with E-state index < -0.39 is 0 Å². The Labute approximate surface area is 148 Å². The summed E-state index contributed by atoms with van der Waals surface area (Å²) in [6.07, 6.45) is 3.69. The zero-order chi connectivity index (χ0) is 17.5. The number of nitrogens with one attached hydrogen (secondary N) is 1. The van der Waals surface area contributed by atoms with Gasteiger partial charge in [0.05, 0.1) is 31.4 Å². The van der Waals surface area contributed by atoms with E-state index in [0.717, 1.165) is 5.56 Å². The molecule has 5 nitrogen and oxygen atoms in total. The lowest BCUT2D eigenvalue weighted by molar-refractivity contribution is -0.121. The van der Waals surface area contributed by atoms with Gasteiger partial charge >= 0.3 is 0 Å². The molecule has 0 aliphatic carbocycles. The summed E-state index contributed by atoms with van der Waals surface area (Å²) in [6, 6.07) is 8.25. The van der Waals surface area contributed by atoms with Crippen molar-refractivity contribution in [3.8, 4) is 0 Å². The standard InChI is InChI=1S/C18H26N4OS/c1-13(2)17(12-22-19-9-10-20-22)21-18(23)11-15-5-7-16(8-6-15)24-14(3)4/h5-10,13-14,17H,11-12H2,1-4H3,(H,21,23)/t17-/m0/s1. The monoisotopic (exact) mass is 346 g/mol. The van der Waals surface area contributed by atoms with Crippen LogP contribution in [0.5, 0.6) is 0 Å². The number of rotatable bonds is 8. The average molecular weight is 347 g/mol. The zero-order valence-corrected chi connectivity index (χ0v) is 15.6. The van der Waals surface area contributed by atoms with Crippen LogP contribution in [0.4, 0.5) is 0 Å². The molecule has 1 aromatic carbocycles. The van der Waals surface area contributed by atoms with Crippen LogP contribution in [0.15, 0.2) is 41.6 Å². The van der Waals surface area contributed by atoms with Crippen molar-refractivity contribution in [2.75, 3.05) is 0 Å². The maximum atomic E-state index is 12.4. The highest BCUT2D eigenvalue weighted by Crippen LogP contribution is 2.23. The van der Waals surface area contributed by atoms with Crippen molar-refractivity contribution in [1.82, 2.24) is 20.3 Å². The fourth-order valence-electron chi connectivity index (χ4n) is 2.34. The van der Waals surface area contributed by atoms with Gasteiger partial charge in [-0.15, -0.1) is 11.8 Å². The van der Waals surface area contributed by atoms with Crippen molar-refractivity contribution in [2.45, 2.75) is 56.8 Å². The molecule has 0 spiro atoms. The van der Waals surface area contributed by atoms with Crippen molar-refractivity contribution in [3.05, 3.63) is 42.2 Å². The molecule has 0 aliphatic heterocycles. The Hall–Kier alpha value is -1.82. The van der Waals surface area contributed by atoms with Crippen LogP contribution in [0.3, 0.4) is 0 Å². The van der Waals surface area contributed by atoms with Crippen LogP contribution in [0, 0.1) is 5.92 Å². The number of aromatic nitrogens is 3. The Bertz CT molecular complexity index is 623. The maximum Gasteiger partial charge on any atom is 0.224 e. The van der Waals surface area contributed by atoms with E-state index in [-0.39, 0.29) is 11.9 Å². The Morgan fingerprint density at radius 2 is 1.75 bits per heavy atom. The van der Waals surface area contributed by atoms with Gasteiger partial charge in [-0.2, -0.15) is 15.0 Å². The molecule has 1 amide bonds. The predicted molar refractivity (Wildman–Crippen MR) is 97.9 cm³/mol. The number of hydrogen-bond donors (Lipinski definition) is 1. The van der Waals surface area contributed by atoms with Crippen molar-refractivity contribution >= 4 is 17.7 Å². The lowest BCUT2D eigenvalue weighted by Crippen LogP contribution is -2.42. The first-order valence-corrected chi connectivity index (χ1v) is 9.21. The fourth-order valence-corrected chi connectivity index (χ4v) is 3.18. The molecule has 0 saturated carbocycles. The molecular weight excluding hydrogens is 320 g/mol. The van der Waals surface area contributed by atoms with E-state index in [0.29, 0.717) is 24.1 Å². The van der Waals surface area contributed by atoms with Gasteiger partial charge in [-0.3, -0.25) is 4.79 Å². The second-order valence-electron chi connectivity index (χ2n) is 6.49. The molecule has 0 fully saturated rings. The zero-order valence-electron chi connectivity index (χ0n) is 14.8. The van der Waals surface area contributed by atoms with Crippen molar-refractivity contribution in [2.24, 2.45) is 5.92 Å². The third-order valence-electron chi connectivity index (χ3n) is 3.64. The minimum absolute atomic E-state index is 0.0145. The Balaban J connectivity index is 1.90. The van der Waals surface area contributed by atoms with Crippen LogP contribution in [0.2, 0.25) is 0 Å². The van der Waals surface area contributed by atoms with E-state index in [2.05, 4.69) is 55.3 Å². The van der Waals surface area contributed by atoms with Crippen LogP contribution in [-0.4, -0.2) is 32.2 Å². The fraction of sp³-hybridized carbons (Fsp3) is 0.500. The molecule has 130 valence electrons. The second kappa shape index (κ2) is 8.87. The van der Waals surface area contributed by atoms with E-state index in [4.69, 9.17) is 0 Å². The van der Waals surface area contributed by atoms with Crippen LogP contribution < -0.4 is 5.32 Å². The van der Waals surface area contributed by atoms with Gasteiger partial charge in [0.25, 0.3) is 0 Å². The molecular formula is C18H26N4OS. The highest BCUT2D eigenvalue weighted by molar-refractivity contribution is 7.99. The number of benzene rings is 1. The Morgan fingerprint density at radius 3 is 2.29 bits per heavy atom. The third-order valence-corrected chi connectivity index (χ3v) is 4.65. The topological polar surface area (TPSA) is 59.8 Å². The molecule has 24 heavy (non-hydrogen) atoms. The van der Waals surface area contributed by atoms with Gasteiger partial charge in [0.2, 0.25) is 5.91 Å². The molecule has 1 aromatic heterocycles. The molecule has 0 radical (unpaired) electrons. The summed E-state index contributed by atoms with van der Waals surface area (Å²) in [5.74, 6) is 0.342. The molecule has 0 saturated heterocycles. The van der Waals surface area contributed by atoms with Crippen LogP contribution >= 0.6 is 11.8 Å². The molecule has 1 atom stereocenters.